The van der Waals surface area contributed by atoms with Gasteiger partial charge in [0.25, 0.3) is 0 Å². The Morgan fingerprint density at radius 2 is 2.10 bits per heavy atom. The summed E-state index contributed by atoms with van der Waals surface area (Å²) in [5.74, 6) is 0.669. The summed E-state index contributed by atoms with van der Waals surface area (Å²) in [4.78, 5) is 0.190. The molecule has 21 heavy (non-hydrogen) atoms. The normalized spacial score (nSPS) is 26.0. The first-order chi connectivity index (χ1) is 9.77. The summed E-state index contributed by atoms with van der Waals surface area (Å²) in [6.45, 7) is 3.76. The van der Waals surface area contributed by atoms with Crippen LogP contribution in [0.5, 0.6) is 5.75 Å². The van der Waals surface area contributed by atoms with E-state index in [0.717, 1.165) is 9.87 Å². The summed E-state index contributed by atoms with van der Waals surface area (Å²) < 4.78 is 37.4. The number of benzene rings is 1. The Morgan fingerprint density at radius 1 is 1.38 bits per heavy atom. The van der Waals surface area contributed by atoms with Gasteiger partial charge in [-0.2, -0.15) is 4.31 Å². The van der Waals surface area contributed by atoms with Gasteiger partial charge < -0.3 is 14.6 Å². The molecule has 2 aliphatic rings. The van der Waals surface area contributed by atoms with E-state index in [1.165, 1.54) is 13.1 Å². The van der Waals surface area contributed by atoms with Crippen molar-refractivity contribution in [2.45, 2.75) is 36.6 Å². The van der Waals surface area contributed by atoms with E-state index >= 15 is 0 Å². The van der Waals surface area contributed by atoms with Crippen LogP contribution in [0, 0.1) is 0 Å². The summed E-state index contributed by atoms with van der Waals surface area (Å²) >= 11 is 0. The lowest BCUT2D eigenvalue weighted by Crippen LogP contribution is -2.38. The van der Waals surface area contributed by atoms with Crippen LogP contribution in [0.15, 0.2) is 23.1 Å². The maximum atomic E-state index is 12.4. The summed E-state index contributed by atoms with van der Waals surface area (Å²) in [7, 11) is -2.16. The number of rotatable bonds is 4. The Bertz CT molecular complexity index is 670. The van der Waals surface area contributed by atoms with Crippen molar-refractivity contribution >= 4 is 10.0 Å². The fourth-order valence-corrected chi connectivity index (χ4v) is 3.86. The largest absolute Gasteiger partial charge is 0.485 e. The zero-order chi connectivity index (χ0) is 15.4. The van der Waals surface area contributed by atoms with E-state index in [1.807, 2.05) is 13.8 Å². The number of sulfonamides is 1. The van der Waals surface area contributed by atoms with Crippen molar-refractivity contribution in [3.05, 3.63) is 23.8 Å². The molecular weight excluding hydrogens is 294 g/mol. The first kappa shape index (κ1) is 14.8. The SMILES string of the molecule is CN(CCO)S(=O)(=O)c1ccc2c(c1)[C@H]1O[C@H]1C(C)(C)O2. The van der Waals surface area contributed by atoms with Gasteiger partial charge in [0.05, 0.1) is 11.5 Å². The first-order valence-corrected chi connectivity index (χ1v) is 8.27. The number of hydrogen-bond donors (Lipinski definition) is 1. The quantitative estimate of drug-likeness (QED) is 0.836. The van der Waals surface area contributed by atoms with Gasteiger partial charge in [-0.3, -0.25) is 0 Å². The molecule has 2 aliphatic heterocycles. The molecule has 1 aromatic rings. The Balaban J connectivity index is 1.97. The molecule has 7 heteroatoms. The molecule has 0 radical (unpaired) electrons. The Hall–Kier alpha value is -1.15. The lowest BCUT2D eigenvalue weighted by Gasteiger charge is -2.29. The molecule has 116 valence electrons. The van der Waals surface area contributed by atoms with Crippen molar-refractivity contribution < 1.29 is 23.0 Å². The number of aliphatic hydroxyl groups is 1. The molecule has 3 rings (SSSR count). The number of likely N-dealkylation sites (N-methyl/N-ethyl adjacent to an activating group) is 1. The van der Waals surface area contributed by atoms with E-state index < -0.39 is 15.6 Å². The molecule has 0 spiro atoms. The van der Waals surface area contributed by atoms with Gasteiger partial charge in [0.15, 0.2) is 0 Å². The Morgan fingerprint density at radius 3 is 2.76 bits per heavy atom. The molecule has 1 saturated heterocycles. The monoisotopic (exact) mass is 313 g/mol. The smallest absolute Gasteiger partial charge is 0.242 e. The standard InChI is InChI=1S/C14H19NO5S/c1-14(2)13-12(19-13)10-8-9(4-5-11(10)20-14)21(17,18)15(3)6-7-16/h4-5,8,12-13,16H,6-7H2,1-3H3/t12-,13-/m1/s1. The van der Waals surface area contributed by atoms with E-state index in [9.17, 15) is 8.42 Å². The summed E-state index contributed by atoms with van der Waals surface area (Å²) in [5, 5.41) is 8.90. The highest BCUT2D eigenvalue weighted by molar-refractivity contribution is 7.89. The number of hydrogen-bond acceptors (Lipinski definition) is 5. The molecule has 1 N–H and O–H groups in total. The highest BCUT2D eigenvalue weighted by atomic mass is 32.2. The molecule has 2 atom stereocenters. The number of fused-ring (bicyclic) bond motifs is 3. The third-order valence-corrected chi connectivity index (χ3v) is 5.81. The third kappa shape index (κ3) is 2.34. The van der Waals surface area contributed by atoms with Crippen molar-refractivity contribution in [3.8, 4) is 5.75 Å². The third-order valence-electron chi connectivity index (χ3n) is 3.96. The molecule has 0 amide bonds. The fraction of sp³-hybridized carbons (Fsp3) is 0.571. The van der Waals surface area contributed by atoms with E-state index in [4.69, 9.17) is 14.6 Å². The van der Waals surface area contributed by atoms with Crippen molar-refractivity contribution in [2.24, 2.45) is 0 Å². The number of nitrogens with zero attached hydrogens (tertiary/aromatic N) is 1. The van der Waals surface area contributed by atoms with E-state index in [0.29, 0.717) is 5.75 Å². The van der Waals surface area contributed by atoms with Gasteiger partial charge in [0.2, 0.25) is 10.0 Å². The summed E-state index contributed by atoms with van der Waals surface area (Å²) in [6.07, 6.45) is -0.125. The highest BCUT2D eigenvalue weighted by Crippen LogP contribution is 2.54. The van der Waals surface area contributed by atoms with Crippen LogP contribution in [0.2, 0.25) is 0 Å². The lowest BCUT2D eigenvalue weighted by atomic mass is 9.94. The molecule has 0 aromatic heterocycles. The van der Waals surface area contributed by atoms with Gasteiger partial charge in [-0.1, -0.05) is 0 Å². The van der Waals surface area contributed by atoms with Crippen LogP contribution in [0.25, 0.3) is 0 Å². The number of epoxide rings is 1. The average Bonchev–Trinajstić information content (AvgIpc) is 3.19. The minimum absolute atomic E-state index is 0.0295. The summed E-state index contributed by atoms with van der Waals surface area (Å²) in [5.41, 5.74) is 0.379. The maximum absolute atomic E-state index is 12.4. The van der Waals surface area contributed by atoms with Crippen LogP contribution >= 0.6 is 0 Å². The average molecular weight is 313 g/mol. The van der Waals surface area contributed by atoms with E-state index in [2.05, 4.69) is 0 Å². The van der Waals surface area contributed by atoms with Gasteiger partial charge in [-0.25, -0.2) is 8.42 Å². The first-order valence-electron chi connectivity index (χ1n) is 6.83. The van der Waals surface area contributed by atoms with Gasteiger partial charge in [0.1, 0.15) is 23.6 Å². The second kappa shape index (κ2) is 4.67. The van der Waals surface area contributed by atoms with Crippen LogP contribution in [-0.4, -0.2) is 49.7 Å². The summed E-state index contributed by atoms with van der Waals surface area (Å²) in [6, 6.07) is 4.81. The predicted octanol–water partition coefficient (Wildman–Crippen LogP) is 0.910. The predicted molar refractivity (Wildman–Crippen MR) is 75.7 cm³/mol. The molecule has 0 bridgehead atoms. The topological polar surface area (TPSA) is 79.4 Å². The molecule has 1 aromatic carbocycles. The van der Waals surface area contributed by atoms with Crippen molar-refractivity contribution in [1.82, 2.24) is 4.31 Å². The lowest BCUT2D eigenvalue weighted by molar-refractivity contribution is 0.0724. The highest BCUT2D eigenvalue weighted by Gasteiger charge is 2.56. The molecule has 0 aliphatic carbocycles. The minimum atomic E-state index is -3.61. The van der Waals surface area contributed by atoms with Gasteiger partial charge >= 0.3 is 0 Å². The number of ether oxygens (including phenoxy) is 2. The van der Waals surface area contributed by atoms with Crippen molar-refractivity contribution in [3.63, 3.8) is 0 Å². The van der Waals surface area contributed by atoms with Crippen molar-refractivity contribution in [2.75, 3.05) is 20.2 Å². The maximum Gasteiger partial charge on any atom is 0.242 e. The Kier molecular flexibility index (Phi) is 3.29. The van der Waals surface area contributed by atoms with Crippen LogP contribution in [0.4, 0.5) is 0 Å². The van der Waals surface area contributed by atoms with Gasteiger partial charge in [-0.15, -0.1) is 0 Å². The van der Waals surface area contributed by atoms with Crippen LogP contribution in [0.3, 0.4) is 0 Å². The van der Waals surface area contributed by atoms with Crippen molar-refractivity contribution in [1.29, 1.82) is 0 Å². The molecule has 0 unspecified atom stereocenters. The molecule has 2 heterocycles. The zero-order valence-corrected chi connectivity index (χ0v) is 13.1. The molecular formula is C14H19NO5S. The van der Waals surface area contributed by atoms with E-state index in [1.54, 1.807) is 12.1 Å². The van der Waals surface area contributed by atoms with Crippen LogP contribution < -0.4 is 4.74 Å². The second-order valence-corrected chi connectivity index (χ2v) is 7.98. The molecule has 6 nitrogen and oxygen atoms in total. The Labute approximate surface area is 124 Å². The molecule has 0 saturated carbocycles. The zero-order valence-electron chi connectivity index (χ0n) is 12.2. The van der Waals surface area contributed by atoms with Crippen LogP contribution in [0.1, 0.15) is 25.5 Å². The number of aliphatic hydroxyl groups excluding tert-OH is 1. The fourth-order valence-electron chi connectivity index (χ4n) is 2.66. The minimum Gasteiger partial charge on any atom is -0.485 e. The second-order valence-electron chi connectivity index (χ2n) is 5.93. The van der Waals surface area contributed by atoms with Gasteiger partial charge in [0, 0.05) is 19.2 Å². The van der Waals surface area contributed by atoms with Crippen LogP contribution in [-0.2, 0) is 14.8 Å². The van der Waals surface area contributed by atoms with Gasteiger partial charge in [-0.05, 0) is 32.0 Å². The van der Waals surface area contributed by atoms with E-state index in [-0.39, 0.29) is 30.3 Å². The molecule has 1 fully saturated rings.